The molecular formula is C8H16O3Si. The lowest BCUT2D eigenvalue weighted by Crippen LogP contribution is -2.16. The highest BCUT2D eigenvalue weighted by Crippen LogP contribution is 2.01. The molecule has 0 heterocycles. The van der Waals surface area contributed by atoms with E-state index in [1.807, 2.05) is 6.08 Å². The van der Waals surface area contributed by atoms with Crippen LogP contribution in [0.2, 0.25) is 19.6 Å². The fraction of sp³-hybridized carbons (Fsp3) is 0.625. The largest absolute Gasteiger partial charge is 0.508 e. The van der Waals surface area contributed by atoms with Gasteiger partial charge in [-0.3, -0.25) is 0 Å². The summed E-state index contributed by atoms with van der Waals surface area (Å²) in [6.07, 6.45) is 1.23. The summed E-state index contributed by atoms with van der Waals surface area (Å²) in [5, 5.41) is 0. The Morgan fingerprint density at radius 1 is 1.42 bits per heavy atom. The van der Waals surface area contributed by atoms with Gasteiger partial charge in [0.1, 0.15) is 6.61 Å². The van der Waals surface area contributed by atoms with Gasteiger partial charge in [0.2, 0.25) is 0 Å². The summed E-state index contributed by atoms with van der Waals surface area (Å²) in [7, 11) is 0.144. The Morgan fingerprint density at radius 3 is 2.42 bits per heavy atom. The van der Waals surface area contributed by atoms with Crippen LogP contribution in [0.4, 0.5) is 4.79 Å². The average Bonchev–Trinajstić information content (AvgIpc) is 1.96. The van der Waals surface area contributed by atoms with Crippen LogP contribution in [0.3, 0.4) is 0 Å². The van der Waals surface area contributed by atoms with Crippen LogP contribution in [-0.2, 0) is 9.47 Å². The number of carbonyl (C=O) groups is 1. The second-order valence-corrected chi connectivity index (χ2v) is 8.60. The van der Waals surface area contributed by atoms with Crippen LogP contribution in [0.15, 0.2) is 11.8 Å². The van der Waals surface area contributed by atoms with Gasteiger partial charge >= 0.3 is 6.16 Å². The molecule has 0 aromatic rings. The molecule has 0 amide bonds. The molecule has 12 heavy (non-hydrogen) atoms. The lowest BCUT2D eigenvalue weighted by molar-refractivity contribution is 0.0818. The lowest BCUT2D eigenvalue weighted by atomic mass is 10.7. The van der Waals surface area contributed by atoms with Crippen molar-refractivity contribution < 1.29 is 14.3 Å². The van der Waals surface area contributed by atoms with E-state index in [1.54, 1.807) is 0 Å². The molecule has 3 nitrogen and oxygen atoms in total. The molecule has 0 N–H and O–H groups in total. The third kappa shape index (κ3) is 7.34. The van der Waals surface area contributed by atoms with E-state index >= 15 is 0 Å². The van der Waals surface area contributed by atoms with E-state index in [4.69, 9.17) is 0 Å². The lowest BCUT2D eigenvalue weighted by Gasteiger charge is -2.07. The SMILES string of the molecule is COC(=O)OC/C=C/[Si](C)(C)C. The highest BCUT2D eigenvalue weighted by atomic mass is 28.3. The van der Waals surface area contributed by atoms with E-state index in [2.05, 4.69) is 34.8 Å². The second kappa shape index (κ2) is 4.98. The van der Waals surface area contributed by atoms with Crippen LogP contribution in [0.25, 0.3) is 0 Å². The van der Waals surface area contributed by atoms with E-state index in [-0.39, 0.29) is 0 Å². The monoisotopic (exact) mass is 188 g/mol. The minimum atomic E-state index is -1.15. The molecule has 0 aromatic heterocycles. The van der Waals surface area contributed by atoms with Gasteiger partial charge in [-0.05, 0) is 0 Å². The van der Waals surface area contributed by atoms with Crippen molar-refractivity contribution in [1.82, 2.24) is 0 Å². The summed E-state index contributed by atoms with van der Waals surface area (Å²) in [5.74, 6) is 0. The number of methoxy groups -OCH3 is 1. The fourth-order valence-electron chi connectivity index (χ4n) is 0.577. The first-order valence-electron chi connectivity index (χ1n) is 3.84. The van der Waals surface area contributed by atoms with Gasteiger partial charge in [0.15, 0.2) is 0 Å². The molecule has 0 saturated carbocycles. The van der Waals surface area contributed by atoms with Gasteiger partial charge in [-0.1, -0.05) is 31.4 Å². The van der Waals surface area contributed by atoms with Gasteiger partial charge in [0.25, 0.3) is 0 Å². The third-order valence-electron chi connectivity index (χ3n) is 1.08. The number of hydrogen-bond donors (Lipinski definition) is 0. The van der Waals surface area contributed by atoms with Crippen molar-refractivity contribution in [3.63, 3.8) is 0 Å². The van der Waals surface area contributed by atoms with Crippen molar-refractivity contribution in [3.8, 4) is 0 Å². The molecule has 0 aliphatic carbocycles. The van der Waals surface area contributed by atoms with E-state index in [9.17, 15) is 4.79 Å². The minimum absolute atomic E-state index is 0.303. The molecule has 0 bridgehead atoms. The summed E-state index contributed by atoms with van der Waals surface area (Å²) in [5.41, 5.74) is 2.12. The van der Waals surface area contributed by atoms with Crippen LogP contribution in [-0.4, -0.2) is 27.9 Å². The molecule has 0 fully saturated rings. The van der Waals surface area contributed by atoms with Crippen molar-refractivity contribution in [2.75, 3.05) is 13.7 Å². The van der Waals surface area contributed by atoms with Crippen LogP contribution in [0, 0.1) is 0 Å². The molecule has 0 aliphatic heterocycles. The Balaban J connectivity index is 3.56. The van der Waals surface area contributed by atoms with Crippen LogP contribution in [0.1, 0.15) is 0 Å². The smallest absolute Gasteiger partial charge is 0.438 e. The van der Waals surface area contributed by atoms with Crippen molar-refractivity contribution in [2.45, 2.75) is 19.6 Å². The molecule has 70 valence electrons. The van der Waals surface area contributed by atoms with Crippen LogP contribution in [0.5, 0.6) is 0 Å². The molecule has 0 spiro atoms. The zero-order valence-electron chi connectivity index (χ0n) is 8.09. The second-order valence-electron chi connectivity index (χ2n) is 3.53. The highest BCUT2D eigenvalue weighted by molar-refractivity contribution is 6.80. The summed E-state index contributed by atoms with van der Waals surface area (Å²) < 4.78 is 8.96. The Kier molecular flexibility index (Phi) is 4.66. The quantitative estimate of drug-likeness (QED) is 0.503. The molecular weight excluding hydrogens is 172 g/mol. The van der Waals surface area contributed by atoms with Crippen molar-refractivity contribution >= 4 is 14.2 Å². The van der Waals surface area contributed by atoms with E-state index in [0.29, 0.717) is 6.61 Å². The van der Waals surface area contributed by atoms with E-state index < -0.39 is 14.2 Å². The molecule has 0 rings (SSSR count). The van der Waals surface area contributed by atoms with Gasteiger partial charge in [0.05, 0.1) is 15.2 Å². The Morgan fingerprint density at radius 2 is 2.00 bits per heavy atom. The van der Waals surface area contributed by atoms with E-state index in [1.165, 1.54) is 7.11 Å². The normalized spacial score (nSPS) is 11.7. The summed E-state index contributed by atoms with van der Waals surface area (Å²) >= 11 is 0. The summed E-state index contributed by atoms with van der Waals surface area (Å²) in [6, 6.07) is 0. The predicted molar refractivity (Wildman–Crippen MR) is 50.8 cm³/mol. The first-order chi connectivity index (χ1) is 5.45. The number of ether oxygens (including phenoxy) is 2. The first-order valence-corrected chi connectivity index (χ1v) is 7.42. The summed E-state index contributed by atoms with van der Waals surface area (Å²) in [6.45, 7) is 6.93. The van der Waals surface area contributed by atoms with Crippen LogP contribution >= 0.6 is 0 Å². The Hall–Kier alpha value is -0.773. The molecule has 0 atom stereocenters. The van der Waals surface area contributed by atoms with Crippen molar-refractivity contribution in [2.24, 2.45) is 0 Å². The Labute approximate surface area is 74.4 Å². The zero-order valence-corrected chi connectivity index (χ0v) is 9.09. The summed E-state index contributed by atoms with van der Waals surface area (Å²) in [4.78, 5) is 10.5. The maximum atomic E-state index is 10.5. The Bertz CT molecular complexity index is 170. The van der Waals surface area contributed by atoms with Crippen molar-refractivity contribution in [1.29, 1.82) is 0 Å². The standard InChI is InChI=1S/C8H16O3Si/c1-10-8(9)11-6-5-7-12(2,3)4/h5,7H,6H2,1-4H3/b7-5+. The van der Waals surface area contributed by atoms with Gasteiger partial charge in [-0.15, -0.1) is 0 Å². The maximum absolute atomic E-state index is 10.5. The van der Waals surface area contributed by atoms with Crippen molar-refractivity contribution in [3.05, 3.63) is 11.8 Å². The fourth-order valence-corrected chi connectivity index (χ4v) is 1.38. The van der Waals surface area contributed by atoms with Gasteiger partial charge < -0.3 is 9.47 Å². The first kappa shape index (κ1) is 11.2. The van der Waals surface area contributed by atoms with Gasteiger partial charge in [-0.2, -0.15) is 0 Å². The molecule has 0 saturated heterocycles. The molecule has 0 unspecified atom stereocenters. The number of carbonyl (C=O) groups excluding carboxylic acids is 1. The molecule has 0 aromatic carbocycles. The maximum Gasteiger partial charge on any atom is 0.508 e. The predicted octanol–water partition coefficient (Wildman–Crippen LogP) is 2.20. The van der Waals surface area contributed by atoms with Crippen LogP contribution < -0.4 is 0 Å². The topological polar surface area (TPSA) is 35.5 Å². The average molecular weight is 188 g/mol. The number of hydrogen-bond acceptors (Lipinski definition) is 3. The van der Waals surface area contributed by atoms with E-state index in [0.717, 1.165) is 0 Å². The molecule has 0 radical (unpaired) electrons. The molecule has 0 aliphatic rings. The zero-order chi connectivity index (χ0) is 9.61. The highest BCUT2D eigenvalue weighted by Gasteiger charge is 2.06. The third-order valence-corrected chi connectivity index (χ3v) is 2.32. The minimum Gasteiger partial charge on any atom is -0.438 e. The van der Waals surface area contributed by atoms with Gasteiger partial charge in [-0.25, -0.2) is 4.79 Å². The van der Waals surface area contributed by atoms with Gasteiger partial charge in [0, 0.05) is 0 Å². The molecule has 4 heteroatoms. The number of rotatable bonds is 3.